The van der Waals surface area contributed by atoms with E-state index in [1.165, 1.54) is 0 Å². The molecule has 4 nitrogen and oxygen atoms in total. The summed E-state index contributed by atoms with van der Waals surface area (Å²) in [6, 6.07) is 7.96. The van der Waals surface area contributed by atoms with Crippen LogP contribution in [-0.4, -0.2) is 36.5 Å². The molecular formula is C16H22N2O2. The van der Waals surface area contributed by atoms with E-state index in [1.54, 1.807) is 6.08 Å². The first-order chi connectivity index (χ1) is 9.69. The largest absolute Gasteiger partial charge is 0.494 e. The van der Waals surface area contributed by atoms with Crippen molar-refractivity contribution in [2.24, 2.45) is 5.73 Å². The lowest BCUT2D eigenvalue weighted by Gasteiger charge is -2.29. The number of rotatable bonds is 4. The van der Waals surface area contributed by atoms with E-state index in [0.717, 1.165) is 37.2 Å². The second-order valence-corrected chi connectivity index (χ2v) is 5.00. The molecule has 20 heavy (non-hydrogen) atoms. The molecule has 1 aliphatic heterocycles. The van der Waals surface area contributed by atoms with Crippen LogP contribution in [0.1, 0.15) is 25.3 Å². The molecule has 1 aromatic carbocycles. The molecule has 0 radical (unpaired) electrons. The van der Waals surface area contributed by atoms with Gasteiger partial charge in [-0.25, -0.2) is 0 Å². The second kappa shape index (κ2) is 7.10. The molecule has 0 atom stereocenters. The van der Waals surface area contributed by atoms with Gasteiger partial charge in [-0.1, -0.05) is 12.1 Å². The van der Waals surface area contributed by atoms with E-state index < -0.39 is 0 Å². The number of likely N-dealkylation sites (tertiary alicyclic amines) is 1. The highest BCUT2D eigenvalue weighted by molar-refractivity contribution is 5.91. The third kappa shape index (κ3) is 4.10. The summed E-state index contributed by atoms with van der Waals surface area (Å²) in [4.78, 5) is 13.9. The third-order valence-electron chi connectivity index (χ3n) is 3.46. The molecule has 0 unspecified atom stereocenters. The topological polar surface area (TPSA) is 55.6 Å². The van der Waals surface area contributed by atoms with E-state index in [-0.39, 0.29) is 11.9 Å². The highest BCUT2D eigenvalue weighted by Crippen LogP contribution is 2.14. The lowest BCUT2D eigenvalue weighted by molar-refractivity contribution is -0.126. The van der Waals surface area contributed by atoms with Crippen LogP contribution < -0.4 is 10.5 Å². The smallest absolute Gasteiger partial charge is 0.246 e. The zero-order chi connectivity index (χ0) is 14.4. The van der Waals surface area contributed by atoms with E-state index in [9.17, 15) is 4.79 Å². The predicted octanol–water partition coefficient (Wildman–Crippen LogP) is 2.05. The van der Waals surface area contributed by atoms with Crippen molar-refractivity contribution in [3.05, 3.63) is 35.9 Å². The van der Waals surface area contributed by atoms with E-state index in [0.29, 0.717) is 6.61 Å². The molecule has 1 aliphatic rings. The van der Waals surface area contributed by atoms with E-state index in [4.69, 9.17) is 10.5 Å². The van der Waals surface area contributed by atoms with Gasteiger partial charge in [0.2, 0.25) is 5.91 Å². The number of carbonyl (C=O) groups is 1. The zero-order valence-electron chi connectivity index (χ0n) is 11.9. The summed E-state index contributed by atoms with van der Waals surface area (Å²) >= 11 is 0. The Morgan fingerprint density at radius 3 is 2.60 bits per heavy atom. The van der Waals surface area contributed by atoms with Crippen LogP contribution in [0.15, 0.2) is 30.3 Å². The molecular weight excluding hydrogens is 252 g/mol. The van der Waals surface area contributed by atoms with Gasteiger partial charge in [-0.2, -0.15) is 0 Å². The average Bonchev–Trinajstić information content (AvgIpc) is 2.47. The van der Waals surface area contributed by atoms with Gasteiger partial charge < -0.3 is 15.4 Å². The highest BCUT2D eigenvalue weighted by atomic mass is 16.5. The quantitative estimate of drug-likeness (QED) is 0.855. The molecule has 1 amide bonds. The lowest BCUT2D eigenvalue weighted by Crippen LogP contribution is -2.42. The van der Waals surface area contributed by atoms with Crippen molar-refractivity contribution >= 4 is 12.0 Å². The van der Waals surface area contributed by atoms with E-state index >= 15 is 0 Å². The molecule has 0 aromatic heterocycles. The Bertz CT molecular complexity index is 460. The van der Waals surface area contributed by atoms with Gasteiger partial charge in [0.15, 0.2) is 0 Å². The summed E-state index contributed by atoms with van der Waals surface area (Å²) in [5.41, 5.74) is 6.83. The summed E-state index contributed by atoms with van der Waals surface area (Å²) in [5, 5.41) is 0. The van der Waals surface area contributed by atoms with Crippen LogP contribution >= 0.6 is 0 Å². The Balaban J connectivity index is 1.89. The highest BCUT2D eigenvalue weighted by Gasteiger charge is 2.18. The van der Waals surface area contributed by atoms with Crippen molar-refractivity contribution in [1.82, 2.24) is 4.90 Å². The molecule has 0 spiro atoms. The van der Waals surface area contributed by atoms with Crippen LogP contribution in [0.25, 0.3) is 6.08 Å². The van der Waals surface area contributed by atoms with Crippen molar-refractivity contribution in [2.45, 2.75) is 25.8 Å². The van der Waals surface area contributed by atoms with Crippen LogP contribution in [0.4, 0.5) is 0 Å². The molecule has 0 bridgehead atoms. The van der Waals surface area contributed by atoms with Crippen LogP contribution in [0.3, 0.4) is 0 Å². The minimum absolute atomic E-state index is 0.0609. The number of amides is 1. The fourth-order valence-corrected chi connectivity index (χ4v) is 2.23. The van der Waals surface area contributed by atoms with Crippen LogP contribution in [0.5, 0.6) is 5.75 Å². The molecule has 1 heterocycles. The average molecular weight is 274 g/mol. The Morgan fingerprint density at radius 1 is 1.35 bits per heavy atom. The van der Waals surface area contributed by atoms with Crippen LogP contribution in [-0.2, 0) is 4.79 Å². The maximum absolute atomic E-state index is 12.0. The lowest BCUT2D eigenvalue weighted by atomic mass is 10.1. The summed E-state index contributed by atoms with van der Waals surface area (Å²) in [6.45, 7) is 4.13. The number of hydrogen-bond donors (Lipinski definition) is 1. The van der Waals surface area contributed by atoms with Gasteiger partial charge in [-0.3, -0.25) is 4.79 Å². The van der Waals surface area contributed by atoms with Crippen LogP contribution in [0.2, 0.25) is 0 Å². The molecule has 2 rings (SSSR count). The Labute approximate surface area is 120 Å². The summed E-state index contributed by atoms with van der Waals surface area (Å²) in [7, 11) is 0. The van der Waals surface area contributed by atoms with Gasteiger partial charge >= 0.3 is 0 Å². The Morgan fingerprint density at radius 2 is 2.00 bits per heavy atom. The standard InChI is InChI=1S/C16H22N2O2/c1-2-20-15-6-3-13(4-7-15)5-8-16(19)18-11-9-14(17)10-12-18/h3-8,14H,2,9-12,17H2,1H3/b8-5+. The van der Waals surface area contributed by atoms with Crippen molar-refractivity contribution in [3.63, 3.8) is 0 Å². The van der Waals surface area contributed by atoms with Gasteiger partial charge in [0.05, 0.1) is 6.61 Å². The molecule has 108 valence electrons. The number of piperidine rings is 1. The maximum Gasteiger partial charge on any atom is 0.246 e. The SMILES string of the molecule is CCOc1ccc(/C=C/C(=O)N2CCC(N)CC2)cc1. The summed E-state index contributed by atoms with van der Waals surface area (Å²) < 4.78 is 5.38. The minimum Gasteiger partial charge on any atom is -0.494 e. The van der Waals surface area contributed by atoms with Crippen molar-refractivity contribution in [3.8, 4) is 5.75 Å². The van der Waals surface area contributed by atoms with Crippen LogP contribution in [0, 0.1) is 0 Å². The molecule has 1 aromatic rings. The van der Waals surface area contributed by atoms with Gasteiger partial charge in [-0.05, 0) is 43.5 Å². The van der Waals surface area contributed by atoms with E-state index in [1.807, 2.05) is 42.2 Å². The first-order valence-corrected chi connectivity index (χ1v) is 7.14. The second-order valence-electron chi connectivity index (χ2n) is 5.00. The molecule has 2 N–H and O–H groups in total. The van der Waals surface area contributed by atoms with Gasteiger partial charge in [0.1, 0.15) is 5.75 Å². The Hall–Kier alpha value is -1.81. The monoisotopic (exact) mass is 274 g/mol. The molecule has 0 aliphatic carbocycles. The molecule has 1 fully saturated rings. The first kappa shape index (κ1) is 14.6. The van der Waals surface area contributed by atoms with Gasteiger partial charge in [0.25, 0.3) is 0 Å². The molecule has 0 saturated carbocycles. The van der Waals surface area contributed by atoms with E-state index in [2.05, 4.69) is 0 Å². The number of nitrogens with two attached hydrogens (primary N) is 1. The number of benzene rings is 1. The molecule has 4 heteroatoms. The zero-order valence-corrected chi connectivity index (χ0v) is 11.9. The number of hydrogen-bond acceptors (Lipinski definition) is 3. The fourth-order valence-electron chi connectivity index (χ4n) is 2.23. The number of nitrogens with zero attached hydrogens (tertiary/aromatic N) is 1. The Kier molecular flexibility index (Phi) is 5.18. The fraction of sp³-hybridized carbons (Fsp3) is 0.438. The first-order valence-electron chi connectivity index (χ1n) is 7.14. The number of ether oxygens (including phenoxy) is 1. The maximum atomic E-state index is 12.0. The van der Waals surface area contributed by atoms with Crippen molar-refractivity contribution in [2.75, 3.05) is 19.7 Å². The molecule has 1 saturated heterocycles. The summed E-state index contributed by atoms with van der Waals surface area (Å²) in [5.74, 6) is 0.909. The van der Waals surface area contributed by atoms with Crippen molar-refractivity contribution < 1.29 is 9.53 Å². The minimum atomic E-state index is 0.0609. The third-order valence-corrected chi connectivity index (χ3v) is 3.46. The number of carbonyl (C=O) groups excluding carboxylic acids is 1. The predicted molar refractivity (Wildman–Crippen MR) is 80.4 cm³/mol. The van der Waals surface area contributed by atoms with Crippen molar-refractivity contribution in [1.29, 1.82) is 0 Å². The van der Waals surface area contributed by atoms with Gasteiger partial charge in [0, 0.05) is 25.2 Å². The normalized spacial score (nSPS) is 16.6. The van der Waals surface area contributed by atoms with Gasteiger partial charge in [-0.15, -0.1) is 0 Å². The summed E-state index contributed by atoms with van der Waals surface area (Å²) in [6.07, 6.45) is 5.25.